The monoisotopic (exact) mass is 437 g/mol. The van der Waals surface area contributed by atoms with Gasteiger partial charge in [0.1, 0.15) is 11.2 Å². The van der Waals surface area contributed by atoms with E-state index < -0.39 is 17.6 Å². The zero-order valence-electron chi connectivity index (χ0n) is 19.2. The Labute approximate surface area is 188 Å². The molecule has 1 aliphatic carbocycles. The van der Waals surface area contributed by atoms with E-state index in [0.29, 0.717) is 23.0 Å². The molecule has 1 aromatic carbocycles. The van der Waals surface area contributed by atoms with Gasteiger partial charge in [-0.05, 0) is 57.0 Å². The third-order valence-corrected chi connectivity index (χ3v) is 4.28. The normalized spacial score (nSPS) is 13.2. The number of aromatic nitrogens is 1. The molecule has 7 heteroatoms. The zero-order chi connectivity index (χ0) is 23.7. The van der Waals surface area contributed by atoms with Gasteiger partial charge in [0, 0.05) is 29.3 Å². The molecule has 7 nitrogen and oxygen atoms in total. The molecule has 170 valence electrons. The van der Waals surface area contributed by atoms with Crippen LogP contribution in [-0.4, -0.2) is 29.1 Å². The maximum Gasteiger partial charge on any atom is 0.407 e. The fourth-order valence-electron chi connectivity index (χ4n) is 2.95. The van der Waals surface area contributed by atoms with Crippen LogP contribution in [0.15, 0.2) is 70.8 Å². The molecule has 1 heterocycles. The Morgan fingerprint density at radius 3 is 2.59 bits per heavy atom. The minimum Gasteiger partial charge on any atom is -0.444 e. The van der Waals surface area contributed by atoms with Crippen molar-refractivity contribution >= 4 is 22.9 Å². The third-order valence-electron chi connectivity index (χ3n) is 4.28. The van der Waals surface area contributed by atoms with Crippen molar-refractivity contribution in [1.82, 2.24) is 15.6 Å². The standard InChI is InChI=1S/C23H25N3O4.C2H6/c1-23(2,3)30-22(29)25-13-15-8-4-5-9-16(12-15)26-21(28)18-14-24-19-11-7-6-10-17(19)20(18)27;1-2/h5-12,14H,4,13H2,1-3H3,(H,24,27)(H,25,29)(H,26,28);1-2H3. The van der Waals surface area contributed by atoms with Crippen LogP contribution in [-0.2, 0) is 4.74 Å². The lowest BCUT2D eigenvalue weighted by Gasteiger charge is -2.19. The van der Waals surface area contributed by atoms with E-state index in [2.05, 4.69) is 15.6 Å². The smallest absolute Gasteiger partial charge is 0.407 e. The van der Waals surface area contributed by atoms with Gasteiger partial charge in [-0.2, -0.15) is 0 Å². The van der Waals surface area contributed by atoms with Crippen molar-refractivity contribution in [3.05, 3.63) is 81.8 Å². The molecule has 0 aliphatic heterocycles. The number of rotatable bonds is 4. The highest BCUT2D eigenvalue weighted by Crippen LogP contribution is 2.12. The summed E-state index contributed by atoms with van der Waals surface area (Å²) in [5.41, 5.74) is 1.14. The fourth-order valence-corrected chi connectivity index (χ4v) is 2.95. The molecule has 0 saturated carbocycles. The average molecular weight is 438 g/mol. The van der Waals surface area contributed by atoms with Gasteiger partial charge in [0.05, 0.1) is 0 Å². The average Bonchev–Trinajstić information content (AvgIpc) is 2.98. The second kappa shape index (κ2) is 11.1. The van der Waals surface area contributed by atoms with Gasteiger partial charge in [0.15, 0.2) is 0 Å². The van der Waals surface area contributed by atoms with Crippen LogP contribution in [0.2, 0.25) is 0 Å². The predicted octanol–water partition coefficient (Wildman–Crippen LogP) is 4.58. The van der Waals surface area contributed by atoms with Crippen LogP contribution in [0.25, 0.3) is 10.9 Å². The first-order chi connectivity index (χ1) is 15.2. The predicted molar refractivity (Wildman–Crippen MR) is 128 cm³/mol. The molecular formula is C25H31N3O4. The number of benzene rings is 1. The fraction of sp³-hybridized carbons (Fsp3) is 0.320. The molecule has 1 aliphatic rings. The van der Waals surface area contributed by atoms with Crippen LogP contribution < -0.4 is 16.1 Å². The van der Waals surface area contributed by atoms with Crippen molar-refractivity contribution in [1.29, 1.82) is 0 Å². The number of amides is 2. The molecular weight excluding hydrogens is 406 g/mol. The van der Waals surface area contributed by atoms with E-state index in [1.807, 2.05) is 32.1 Å². The summed E-state index contributed by atoms with van der Waals surface area (Å²) >= 11 is 0. The van der Waals surface area contributed by atoms with Gasteiger partial charge in [0.25, 0.3) is 5.91 Å². The summed E-state index contributed by atoms with van der Waals surface area (Å²) in [6.45, 7) is 9.64. The minimum absolute atomic E-state index is 0.0321. The summed E-state index contributed by atoms with van der Waals surface area (Å²) in [6, 6.07) is 7.03. The number of alkyl carbamates (subject to hydrolysis) is 1. The molecule has 32 heavy (non-hydrogen) atoms. The summed E-state index contributed by atoms with van der Waals surface area (Å²) in [7, 11) is 0. The van der Waals surface area contributed by atoms with Gasteiger partial charge in [-0.15, -0.1) is 0 Å². The number of hydrogen-bond donors (Lipinski definition) is 3. The van der Waals surface area contributed by atoms with E-state index in [1.54, 1.807) is 51.1 Å². The van der Waals surface area contributed by atoms with Crippen molar-refractivity contribution in [3.63, 3.8) is 0 Å². The first kappa shape index (κ1) is 24.7. The number of para-hydroxylation sites is 1. The Hall–Kier alpha value is -3.61. The Morgan fingerprint density at radius 1 is 1.16 bits per heavy atom. The van der Waals surface area contributed by atoms with Gasteiger partial charge in [-0.1, -0.05) is 38.1 Å². The van der Waals surface area contributed by atoms with Crippen LogP contribution in [0, 0.1) is 0 Å². The molecule has 0 atom stereocenters. The zero-order valence-corrected chi connectivity index (χ0v) is 19.2. The van der Waals surface area contributed by atoms with Crippen molar-refractivity contribution in [2.75, 3.05) is 6.54 Å². The molecule has 0 spiro atoms. The molecule has 0 unspecified atom stereocenters. The highest BCUT2D eigenvalue weighted by Gasteiger charge is 2.17. The molecule has 2 aromatic rings. The molecule has 0 bridgehead atoms. The Bertz CT molecular complexity index is 1120. The van der Waals surface area contributed by atoms with Crippen molar-refractivity contribution in [2.24, 2.45) is 0 Å². The topological polar surface area (TPSA) is 100 Å². The Morgan fingerprint density at radius 2 is 1.88 bits per heavy atom. The first-order valence-corrected chi connectivity index (χ1v) is 10.7. The minimum atomic E-state index is -0.578. The van der Waals surface area contributed by atoms with Gasteiger partial charge < -0.3 is 20.4 Å². The van der Waals surface area contributed by atoms with E-state index in [4.69, 9.17) is 4.74 Å². The summed E-state index contributed by atoms with van der Waals surface area (Å²) in [4.78, 5) is 40.2. The molecule has 0 radical (unpaired) electrons. The highest BCUT2D eigenvalue weighted by atomic mass is 16.6. The van der Waals surface area contributed by atoms with Gasteiger partial charge in [-0.3, -0.25) is 9.59 Å². The van der Waals surface area contributed by atoms with Crippen LogP contribution >= 0.6 is 0 Å². The van der Waals surface area contributed by atoms with E-state index in [9.17, 15) is 14.4 Å². The van der Waals surface area contributed by atoms with Crippen LogP contribution in [0.3, 0.4) is 0 Å². The molecule has 2 amide bonds. The number of fused-ring (bicyclic) bond motifs is 1. The summed E-state index contributed by atoms with van der Waals surface area (Å²) < 4.78 is 5.24. The summed E-state index contributed by atoms with van der Waals surface area (Å²) in [6.07, 6.45) is 8.91. The molecule has 3 rings (SSSR count). The molecule has 3 N–H and O–H groups in total. The number of aromatic amines is 1. The number of carbonyl (C=O) groups is 2. The third kappa shape index (κ3) is 6.97. The largest absolute Gasteiger partial charge is 0.444 e. The SMILES string of the molecule is CC.CC(C)(C)OC(=O)NCC1=CCC=CC(NC(=O)c2c[nH]c3ccccc3c2=O)=C1. The van der Waals surface area contributed by atoms with Crippen LogP contribution in [0.4, 0.5) is 4.79 Å². The van der Waals surface area contributed by atoms with Crippen molar-refractivity contribution < 1.29 is 14.3 Å². The van der Waals surface area contributed by atoms with E-state index >= 15 is 0 Å². The molecule has 1 aromatic heterocycles. The second-order valence-corrected chi connectivity index (χ2v) is 7.90. The second-order valence-electron chi connectivity index (χ2n) is 7.90. The Balaban J connectivity index is 0.00000176. The number of H-pyrrole nitrogens is 1. The van der Waals surface area contributed by atoms with Crippen molar-refractivity contribution in [2.45, 2.75) is 46.6 Å². The van der Waals surface area contributed by atoms with Gasteiger partial charge >= 0.3 is 6.09 Å². The number of allylic oxidation sites excluding steroid dienone is 3. The number of ether oxygens (including phenoxy) is 1. The maximum absolute atomic E-state index is 12.7. The van der Waals surface area contributed by atoms with Gasteiger partial charge in [-0.25, -0.2) is 4.79 Å². The maximum atomic E-state index is 12.7. The summed E-state index contributed by atoms with van der Waals surface area (Å²) in [5.74, 6) is -0.501. The van der Waals surface area contributed by atoms with E-state index in [-0.39, 0.29) is 17.5 Å². The quantitative estimate of drug-likeness (QED) is 0.652. The lowest BCUT2D eigenvalue weighted by atomic mass is 10.1. The molecule has 0 fully saturated rings. The summed E-state index contributed by atoms with van der Waals surface area (Å²) in [5, 5.41) is 5.93. The number of hydrogen-bond acceptors (Lipinski definition) is 4. The van der Waals surface area contributed by atoms with E-state index in [1.165, 1.54) is 6.20 Å². The number of pyridine rings is 1. The van der Waals surface area contributed by atoms with Crippen LogP contribution in [0.1, 0.15) is 51.4 Å². The lowest BCUT2D eigenvalue weighted by molar-refractivity contribution is 0.0532. The van der Waals surface area contributed by atoms with Gasteiger partial charge in [0.2, 0.25) is 5.43 Å². The van der Waals surface area contributed by atoms with Crippen molar-refractivity contribution in [3.8, 4) is 0 Å². The first-order valence-electron chi connectivity index (χ1n) is 10.7. The number of nitrogens with one attached hydrogen (secondary N) is 3. The Kier molecular flexibility index (Phi) is 8.58. The van der Waals surface area contributed by atoms with Crippen LogP contribution in [0.5, 0.6) is 0 Å². The molecule has 0 saturated heterocycles. The highest BCUT2D eigenvalue weighted by molar-refractivity contribution is 5.98. The number of carbonyl (C=O) groups excluding carboxylic acids is 2. The lowest BCUT2D eigenvalue weighted by Crippen LogP contribution is -2.33. The van der Waals surface area contributed by atoms with E-state index in [0.717, 1.165) is 5.57 Å².